The maximum absolute atomic E-state index is 8.44. The molecule has 0 spiro atoms. The molecular weight excluding hydrogens is 128 g/mol. The predicted octanol–water partition coefficient (Wildman–Crippen LogP) is 0.382. The minimum Gasteiger partial charge on any atom is -0.396 e. The number of aliphatic hydroxyl groups excluding tert-OH is 1. The van der Waals surface area contributed by atoms with Crippen molar-refractivity contribution in [3.05, 3.63) is 0 Å². The van der Waals surface area contributed by atoms with Gasteiger partial charge in [-0.15, -0.1) is 0 Å². The molecule has 3 nitrogen and oxygen atoms in total. The third-order valence-corrected chi connectivity index (χ3v) is 1.03. The molecule has 0 aliphatic heterocycles. The van der Waals surface area contributed by atoms with E-state index in [1.165, 1.54) is 0 Å². The smallest absolute Gasteiger partial charge is 0.0960 e. The maximum atomic E-state index is 8.44. The SMILES string of the molecule is CC(C)CN=C(N)CCO. The van der Waals surface area contributed by atoms with Gasteiger partial charge in [-0.3, -0.25) is 4.99 Å². The lowest BCUT2D eigenvalue weighted by atomic mass is 10.2. The third-order valence-electron chi connectivity index (χ3n) is 1.03. The van der Waals surface area contributed by atoms with E-state index in [0.717, 1.165) is 6.54 Å². The van der Waals surface area contributed by atoms with E-state index in [1.807, 2.05) is 0 Å². The first-order valence-corrected chi connectivity index (χ1v) is 3.56. The standard InChI is InChI=1S/C7H16N2O/c1-6(2)5-9-7(8)3-4-10/h6,10H,3-5H2,1-2H3,(H2,8,9). The van der Waals surface area contributed by atoms with Crippen molar-refractivity contribution in [1.29, 1.82) is 0 Å². The first-order chi connectivity index (χ1) is 4.66. The van der Waals surface area contributed by atoms with Crippen molar-refractivity contribution in [3.63, 3.8) is 0 Å². The molecule has 0 aliphatic rings. The summed E-state index contributed by atoms with van der Waals surface area (Å²) in [7, 11) is 0. The zero-order chi connectivity index (χ0) is 7.98. The molecule has 10 heavy (non-hydrogen) atoms. The summed E-state index contributed by atoms with van der Waals surface area (Å²) in [4.78, 5) is 4.05. The monoisotopic (exact) mass is 144 g/mol. The van der Waals surface area contributed by atoms with Gasteiger partial charge in [0.2, 0.25) is 0 Å². The first kappa shape index (κ1) is 9.43. The second kappa shape index (κ2) is 5.23. The molecule has 3 heteroatoms. The van der Waals surface area contributed by atoms with Crippen LogP contribution in [0.15, 0.2) is 4.99 Å². The van der Waals surface area contributed by atoms with E-state index in [-0.39, 0.29) is 6.61 Å². The molecule has 3 N–H and O–H groups in total. The molecule has 0 fully saturated rings. The Hall–Kier alpha value is -0.570. The molecule has 0 rings (SSSR count). The van der Waals surface area contributed by atoms with Crippen LogP contribution >= 0.6 is 0 Å². The molecule has 0 radical (unpaired) electrons. The molecule has 0 aromatic rings. The van der Waals surface area contributed by atoms with Crippen molar-refractivity contribution in [2.45, 2.75) is 20.3 Å². The van der Waals surface area contributed by atoms with Crippen molar-refractivity contribution in [1.82, 2.24) is 0 Å². The molecule has 0 atom stereocenters. The molecule has 0 amide bonds. The highest BCUT2D eigenvalue weighted by atomic mass is 16.3. The number of aliphatic imine (C=N–C) groups is 1. The van der Waals surface area contributed by atoms with Crippen LogP contribution in [0.2, 0.25) is 0 Å². The molecule has 60 valence electrons. The third kappa shape index (κ3) is 5.56. The lowest BCUT2D eigenvalue weighted by Gasteiger charge is -2.00. The van der Waals surface area contributed by atoms with Crippen molar-refractivity contribution >= 4 is 5.84 Å². The topological polar surface area (TPSA) is 58.6 Å². The van der Waals surface area contributed by atoms with Crippen LogP contribution in [-0.4, -0.2) is 24.1 Å². The van der Waals surface area contributed by atoms with E-state index in [9.17, 15) is 0 Å². The maximum Gasteiger partial charge on any atom is 0.0960 e. The van der Waals surface area contributed by atoms with Crippen molar-refractivity contribution < 1.29 is 5.11 Å². The highest BCUT2D eigenvalue weighted by Crippen LogP contribution is 1.91. The fourth-order valence-corrected chi connectivity index (χ4v) is 0.493. The second-order valence-corrected chi connectivity index (χ2v) is 2.70. The van der Waals surface area contributed by atoms with Crippen LogP contribution in [0.1, 0.15) is 20.3 Å². The fourth-order valence-electron chi connectivity index (χ4n) is 0.493. The van der Waals surface area contributed by atoms with E-state index in [0.29, 0.717) is 18.2 Å². The van der Waals surface area contributed by atoms with Gasteiger partial charge in [-0.05, 0) is 5.92 Å². The van der Waals surface area contributed by atoms with Gasteiger partial charge in [-0.2, -0.15) is 0 Å². The summed E-state index contributed by atoms with van der Waals surface area (Å²) >= 11 is 0. The Labute approximate surface area is 62.0 Å². The van der Waals surface area contributed by atoms with E-state index >= 15 is 0 Å². The zero-order valence-electron chi connectivity index (χ0n) is 6.67. The number of amidine groups is 1. The lowest BCUT2D eigenvalue weighted by molar-refractivity contribution is 0.306. The molecule has 0 unspecified atom stereocenters. The Morgan fingerprint density at radius 2 is 2.20 bits per heavy atom. The Bertz CT molecular complexity index is 110. The molecular formula is C7H16N2O. The predicted molar refractivity (Wildman–Crippen MR) is 43.0 cm³/mol. The van der Waals surface area contributed by atoms with Gasteiger partial charge in [-0.25, -0.2) is 0 Å². The first-order valence-electron chi connectivity index (χ1n) is 3.56. The number of rotatable bonds is 4. The number of aliphatic hydroxyl groups is 1. The minimum atomic E-state index is 0.0907. The van der Waals surface area contributed by atoms with Crippen LogP contribution in [-0.2, 0) is 0 Å². The molecule has 0 heterocycles. The summed E-state index contributed by atoms with van der Waals surface area (Å²) in [5.41, 5.74) is 5.42. The molecule has 0 saturated carbocycles. The summed E-state index contributed by atoms with van der Waals surface area (Å²) in [5, 5.41) is 8.44. The van der Waals surface area contributed by atoms with Gasteiger partial charge in [0.05, 0.1) is 12.4 Å². The van der Waals surface area contributed by atoms with Crippen molar-refractivity contribution in [3.8, 4) is 0 Å². The van der Waals surface area contributed by atoms with E-state index < -0.39 is 0 Å². The average Bonchev–Trinajstić information content (AvgIpc) is 1.85. The van der Waals surface area contributed by atoms with Gasteiger partial charge in [0.15, 0.2) is 0 Å². The molecule has 0 aromatic carbocycles. The van der Waals surface area contributed by atoms with Crippen LogP contribution in [0.4, 0.5) is 0 Å². The Morgan fingerprint density at radius 3 is 2.60 bits per heavy atom. The van der Waals surface area contributed by atoms with E-state index in [4.69, 9.17) is 10.8 Å². The summed E-state index contributed by atoms with van der Waals surface area (Å²) in [5.74, 6) is 1.09. The van der Waals surface area contributed by atoms with E-state index in [2.05, 4.69) is 18.8 Å². The van der Waals surface area contributed by atoms with Gasteiger partial charge >= 0.3 is 0 Å². The van der Waals surface area contributed by atoms with Crippen LogP contribution in [0, 0.1) is 5.92 Å². The largest absolute Gasteiger partial charge is 0.396 e. The highest BCUT2D eigenvalue weighted by Gasteiger charge is 1.92. The minimum absolute atomic E-state index is 0.0907. The molecule has 0 bridgehead atoms. The number of nitrogens with two attached hydrogens (primary N) is 1. The van der Waals surface area contributed by atoms with Crippen molar-refractivity contribution in [2.24, 2.45) is 16.6 Å². The van der Waals surface area contributed by atoms with Gasteiger partial charge in [0, 0.05) is 13.0 Å². The fraction of sp³-hybridized carbons (Fsp3) is 0.857. The second-order valence-electron chi connectivity index (χ2n) is 2.70. The summed E-state index contributed by atoms with van der Waals surface area (Å²) in [6, 6.07) is 0. The lowest BCUT2D eigenvalue weighted by Crippen LogP contribution is -2.14. The Kier molecular flexibility index (Phi) is 4.94. The zero-order valence-corrected chi connectivity index (χ0v) is 6.67. The van der Waals surface area contributed by atoms with Crippen LogP contribution in [0.3, 0.4) is 0 Å². The molecule has 0 saturated heterocycles. The van der Waals surface area contributed by atoms with E-state index in [1.54, 1.807) is 0 Å². The quantitative estimate of drug-likeness (QED) is 0.442. The average molecular weight is 144 g/mol. The molecule has 0 aromatic heterocycles. The normalized spacial score (nSPS) is 12.6. The summed E-state index contributed by atoms with van der Waals surface area (Å²) in [6.07, 6.45) is 0.493. The van der Waals surface area contributed by atoms with Gasteiger partial charge < -0.3 is 10.8 Å². The van der Waals surface area contributed by atoms with Crippen LogP contribution < -0.4 is 5.73 Å². The van der Waals surface area contributed by atoms with Crippen LogP contribution in [0.5, 0.6) is 0 Å². The van der Waals surface area contributed by atoms with Gasteiger partial charge in [-0.1, -0.05) is 13.8 Å². The number of hydrogen-bond donors (Lipinski definition) is 2. The highest BCUT2D eigenvalue weighted by molar-refractivity contribution is 5.80. The van der Waals surface area contributed by atoms with Crippen LogP contribution in [0.25, 0.3) is 0 Å². The summed E-state index contributed by atoms with van der Waals surface area (Å²) < 4.78 is 0. The number of hydrogen-bond acceptors (Lipinski definition) is 2. The number of nitrogens with zero attached hydrogens (tertiary/aromatic N) is 1. The van der Waals surface area contributed by atoms with Gasteiger partial charge in [0.1, 0.15) is 0 Å². The van der Waals surface area contributed by atoms with Crippen molar-refractivity contribution in [2.75, 3.05) is 13.2 Å². The Balaban J connectivity index is 3.47. The Morgan fingerprint density at radius 1 is 1.60 bits per heavy atom. The molecule has 0 aliphatic carbocycles. The van der Waals surface area contributed by atoms with Gasteiger partial charge in [0.25, 0.3) is 0 Å². The summed E-state index contributed by atoms with van der Waals surface area (Å²) in [6.45, 7) is 5.00.